The monoisotopic (exact) mass is 226 g/mol. The molecule has 0 unspecified atom stereocenters. The highest BCUT2D eigenvalue weighted by molar-refractivity contribution is 6.09. The predicted molar refractivity (Wildman–Crippen MR) is 72.4 cm³/mol. The Balaban J connectivity index is 2.52. The van der Waals surface area contributed by atoms with Gasteiger partial charge < -0.3 is 0 Å². The fraction of sp³-hybridized carbons (Fsp3) is 0.312. The summed E-state index contributed by atoms with van der Waals surface area (Å²) in [4.78, 5) is 12.4. The molecule has 17 heavy (non-hydrogen) atoms. The Morgan fingerprint density at radius 3 is 2.35 bits per heavy atom. The molecule has 2 aromatic carbocycles. The topological polar surface area (TPSA) is 17.1 Å². The lowest BCUT2D eigenvalue weighted by atomic mass is 9.90. The van der Waals surface area contributed by atoms with Crippen LogP contribution in [0.4, 0.5) is 0 Å². The number of carbonyl (C=O) groups is 1. The van der Waals surface area contributed by atoms with E-state index in [1.807, 2.05) is 30.3 Å². The van der Waals surface area contributed by atoms with E-state index in [0.717, 1.165) is 29.2 Å². The van der Waals surface area contributed by atoms with Crippen molar-refractivity contribution in [2.75, 3.05) is 0 Å². The molecule has 0 aliphatic rings. The molecule has 0 amide bonds. The molecule has 0 aromatic heterocycles. The van der Waals surface area contributed by atoms with Crippen molar-refractivity contribution >= 4 is 16.6 Å². The van der Waals surface area contributed by atoms with Gasteiger partial charge in [-0.2, -0.15) is 0 Å². The van der Waals surface area contributed by atoms with Crippen LogP contribution < -0.4 is 0 Å². The van der Waals surface area contributed by atoms with Crippen molar-refractivity contribution < 1.29 is 4.79 Å². The number of ketones is 1. The molecule has 2 rings (SSSR count). The normalized spacial score (nSPS) is 11.0. The third-order valence-electron chi connectivity index (χ3n) is 3.41. The Hall–Kier alpha value is -1.63. The lowest BCUT2D eigenvalue weighted by molar-refractivity contribution is 0.0915. The third-order valence-corrected chi connectivity index (χ3v) is 3.41. The molecule has 0 saturated heterocycles. The van der Waals surface area contributed by atoms with Gasteiger partial charge in [-0.15, -0.1) is 0 Å². The second-order valence-corrected chi connectivity index (χ2v) is 4.40. The minimum Gasteiger partial charge on any atom is -0.294 e. The highest BCUT2D eigenvalue weighted by Gasteiger charge is 2.17. The maximum Gasteiger partial charge on any atom is 0.166 e. The number of Topliss-reactive ketones (excluding diaryl/α,β-unsaturated/α-hetero) is 1. The summed E-state index contributed by atoms with van der Waals surface area (Å²) in [5.74, 6) is 0.438. The molecule has 1 nitrogen and oxygen atoms in total. The molecule has 0 saturated carbocycles. The number of rotatable bonds is 4. The number of hydrogen-bond donors (Lipinski definition) is 0. The highest BCUT2D eigenvalue weighted by atomic mass is 16.1. The Kier molecular flexibility index (Phi) is 3.58. The van der Waals surface area contributed by atoms with Crippen LogP contribution in [0.1, 0.15) is 37.0 Å². The van der Waals surface area contributed by atoms with Gasteiger partial charge in [0.05, 0.1) is 0 Å². The number of carbonyl (C=O) groups excluding carboxylic acids is 1. The molecule has 2 aromatic rings. The maximum absolute atomic E-state index is 12.4. The molecule has 0 aliphatic carbocycles. The van der Waals surface area contributed by atoms with E-state index in [1.54, 1.807) is 0 Å². The SMILES string of the molecule is CCC(CC)C(=O)c1cccc2ccccc12. The van der Waals surface area contributed by atoms with Crippen molar-refractivity contribution in [2.24, 2.45) is 5.92 Å². The first kappa shape index (κ1) is 11.8. The van der Waals surface area contributed by atoms with Gasteiger partial charge >= 0.3 is 0 Å². The van der Waals surface area contributed by atoms with Gasteiger partial charge in [-0.05, 0) is 23.6 Å². The minimum atomic E-state index is 0.154. The zero-order valence-corrected chi connectivity index (χ0v) is 10.4. The van der Waals surface area contributed by atoms with Crippen LogP contribution in [0.15, 0.2) is 42.5 Å². The van der Waals surface area contributed by atoms with E-state index in [1.165, 1.54) is 0 Å². The fourth-order valence-electron chi connectivity index (χ4n) is 2.32. The molecule has 0 N–H and O–H groups in total. The number of fused-ring (bicyclic) bond motifs is 1. The van der Waals surface area contributed by atoms with Crippen LogP contribution >= 0.6 is 0 Å². The molecule has 0 heterocycles. The van der Waals surface area contributed by atoms with Crippen LogP contribution in [0.2, 0.25) is 0 Å². The van der Waals surface area contributed by atoms with Crippen molar-refractivity contribution in [2.45, 2.75) is 26.7 Å². The first-order valence-electron chi connectivity index (χ1n) is 6.29. The summed E-state index contributed by atoms with van der Waals surface area (Å²) in [7, 11) is 0. The molecule has 88 valence electrons. The summed E-state index contributed by atoms with van der Waals surface area (Å²) in [5, 5.41) is 2.22. The molecule has 0 fully saturated rings. The zero-order valence-electron chi connectivity index (χ0n) is 10.4. The van der Waals surface area contributed by atoms with Crippen molar-refractivity contribution in [3.63, 3.8) is 0 Å². The van der Waals surface area contributed by atoms with Crippen LogP contribution in [0.25, 0.3) is 10.8 Å². The van der Waals surface area contributed by atoms with E-state index in [9.17, 15) is 4.79 Å². The van der Waals surface area contributed by atoms with Crippen LogP contribution in [0, 0.1) is 5.92 Å². The summed E-state index contributed by atoms with van der Waals surface area (Å²) >= 11 is 0. The predicted octanol–water partition coefficient (Wildman–Crippen LogP) is 4.46. The molecular formula is C16H18O. The van der Waals surface area contributed by atoms with E-state index in [4.69, 9.17) is 0 Å². The minimum absolute atomic E-state index is 0.154. The zero-order chi connectivity index (χ0) is 12.3. The molecular weight excluding hydrogens is 208 g/mol. The van der Waals surface area contributed by atoms with Crippen LogP contribution in [0.5, 0.6) is 0 Å². The first-order chi connectivity index (χ1) is 8.27. The van der Waals surface area contributed by atoms with Gasteiger partial charge in [-0.25, -0.2) is 0 Å². The summed E-state index contributed by atoms with van der Waals surface area (Å²) in [6, 6.07) is 14.1. The molecule has 1 heteroatoms. The van der Waals surface area contributed by atoms with Crippen LogP contribution in [0.3, 0.4) is 0 Å². The van der Waals surface area contributed by atoms with E-state index in [-0.39, 0.29) is 11.7 Å². The Morgan fingerprint density at radius 1 is 1.00 bits per heavy atom. The summed E-state index contributed by atoms with van der Waals surface area (Å²) in [6.45, 7) is 4.16. The van der Waals surface area contributed by atoms with Crippen LogP contribution in [-0.2, 0) is 0 Å². The molecule has 0 aliphatic heterocycles. The molecule has 0 radical (unpaired) electrons. The van der Waals surface area contributed by atoms with Gasteiger partial charge in [0.1, 0.15) is 0 Å². The van der Waals surface area contributed by atoms with E-state index in [2.05, 4.69) is 26.0 Å². The summed E-state index contributed by atoms with van der Waals surface area (Å²) < 4.78 is 0. The van der Waals surface area contributed by atoms with Gasteiger partial charge in [-0.1, -0.05) is 56.3 Å². The largest absolute Gasteiger partial charge is 0.294 e. The van der Waals surface area contributed by atoms with Gasteiger partial charge in [0.15, 0.2) is 5.78 Å². The van der Waals surface area contributed by atoms with Gasteiger partial charge in [0.25, 0.3) is 0 Å². The average Bonchev–Trinajstić information content (AvgIpc) is 2.39. The first-order valence-corrected chi connectivity index (χ1v) is 6.29. The number of benzene rings is 2. The van der Waals surface area contributed by atoms with Crippen molar-refractivity contribution in [3.05, 3.63) is 48.0 Å². The average molecular weight is 226 g/mol. The van der Waals surface area contributed by atoms with Gasteiger partial charge in [-0.3, -0.25) is 4.79 Å². The highest BCUT2D eigenvalue weighted by Crippen LogP contribution is 2.23. The third kappa shape index (κ3) is 2.23. The fourth-order valence-corrected chi connectivity index (χ4v) is 2.32. The van der Waals surface area contributed by atoms with Gasteiger partial charge in [0, 0.05) is 11.5 Å². The Labute approximate surface area is 102 Å². The second-order valence-electron chi connectivity index (χ2n) is 4.40. The van der Waals surface area contributed by atoms with Crippen LogP contribution in [-0.4, -0.2) is 5.78 Å². The van der Waals surface area contributed by atoms with E-state index < -0.39 is 0 Å². The van der Waals surface area contributed by atoms with Crippen molar-refractivity contribution in [3.8, 4) is 0 Å². The lowest BCUT2D eigenvalue weighted by Crippen LogP contribution is -2.13. The summed E-state index contributed by atoms with van der Waals surface area (Å²) in [5.41, 5.74) is 0.872. The smallest absolute Gasteiger partial charge is 0.166 e. The molecule has 0 spiro atoms. The second kappa shape index (κ2) is 5.13. The maximum atomic E-state index is 12.4. The van der Waals surface area contributed by atoms with Gasteiger partial charge in [0.2, 0.25) is 0 Å². The number of hydrogen-bond acceptors (Lipinski definition) is 1. The quantitative estimate of drug-likeness (QED) is 0.703. The van der Waals surface area contributed by atoms with E-state index in [0.29, 0.717) is 0 Å². The Morgan fingerprint density at radius 2 is 1.65 bits per heavy atom. The molecule has 0 bridgehead atoms. The van der Waals surface area contributed by atoms with Crippen molar-refractivity contribution in [1.29, 1.82) is 0 Å². The van der Waals surface area contributed by atoms with Crippen molar-refractivity contribution in [1.82, 2.24) is 0 Å². The molecule has 0 atom stereocenters. The van der Waals surface area contributed by atoms with E-state index >= 15 is 0 Å². The summed E-state index contributed by atoms with van der Waals surface area (Å²) in [6.07, 6.45) is 1.83. The standard InChI is InChI=1S/C16H18O/c1-3-12(4-2)16(17)15-11-7-9-13-8-5-6-10-14(13)15/h5-12H,3-4H2,1-2H3. The Bertz CT molecular complexity index is 519. The lowest BCUT2D eigenvalue weighted by Gasteiger charge is -2.12.